The monoisotopic (exact) mass is 209 g/mol. The van der Waals surface area contributed by atoms with Gasteiger partial charge in [0.25, 0.3) is 0 Å². The van der Waals surface area contributed by atoms with Gasteiger partial charge in [0.1, 0.15) is 0 Å². The first-order chi connectivity index (χ1) is 6.86. The molecule has 78 valence electrons. The highest BCUT2D eigenvalue weighted by Crippen LogP contribution is 2.29. The van der Waals surface area contributed by atoms with Crippen LogP contribution in [0.3, 0.4) is 0 Å². The van der Waals surface area contributed by atoms with E-state index >= 15 is 0 Å². The maximum absolute atomic E-state index is 3.59. The minimum Gasteiger partial charge on any atom is -0.310 e. The standard InChI is InChI=1S/C12H19NS/c1-10(12-6-8-14-9-12)13-7-5-11-3-2-4-11/h6,8-11,13H,2-5,7H2,1H3. The van der Waals surface area contributed by atoms with Crippen LogP contribution in [-0.2, 0) is 0 Å². The molecule has 0 amide bonds. The second kappa shape index (κ2) is 4.94. The van der Waals surface area contributed by atoms with Gasteiger partial charge in [0, 0.05) is 6.04 Å². The average molecular weight is 209 g/mol. The second-order valence-corrected chi connectivity index (χ2v) is 5.10. The van der Waals surface area contributed by atoms with Gasteiger partial charge in [-0.1, -0.05) is 19.3 Å². The van der Waals surface area contributed by atoms with Crippen LogP contribution < -0.4 is 5.32 Å². The van der Waals surface area contributed by atoms with Crippen molar-refractivity contribution < 1.29 is 0 Å². The van der Waals surface area contributed by atoms with E-state index in [0.29, 0.717) is 6.04 Å². The van der Waals surface area contributed by atoms with Gasteiger partial charge in [-0.05, 0) is 48.2 Å². The van der Waals surface area contributed by atoms with Gasteiger partial charge in [-0.15, -0.1) is 0 Å². The predicted octanol–water partition coefficient (Wildman–Crippen LogP) is 3.59. The molecule has 1 atom stereocenters. The van der Waals surface area contributed by atoms with E-state index in [0.717, 1.165) is 5.92 Å². The van der Waals surface area contributed by atoms with E-state index in [-0.39, 0.29) is 0 Å². The molecule has 14 heavy (non-hydrogen) atoms. The Kier molecular flexibility index (Phi) is 3.60. The van der Waals surface area contributed by atoms with Gasteiger partial charge >= 0.3 is 0 Å². The Labute approximate surface area is 90.5 Å². The van der Waals surface area contributed by atoms with E-state index in [2.05, 4.69) is 29.1 Å². The van der Waals surface area contributed by atoms with Gasteiger partial charge in [0.15, 0.2) is 0 Å². The third-order valence-corrected chi connectivity index (χ3v) is 3.97. The number of nitrogens with one attached hydrogen (secondary N) is 1. The van der Waals surface area contributed by atoms with E-state index in [9.17, 15) is 0 Å². The lowest BCUT2D eigenvalue weighted by atomic mass is 9.83. The van der Waals surface area contributed by atoms with Crippen LogP contribution in [0.1, 0.15) is 44.2 Å². The van der Waals surface area contributed by atoms with Gasteiger partial charge in [-0.3, -0.25) is 0 Å². The summed E-state index contributed by atoms with van der Waals surface area (Å²) in [6, 6.07) is 2.74. The lowest BCUT2D eigenvalue weighted by Crippen LogP contribution is -2.23. The summed E-state index contributed by atoms with van der Waals surface area (Å²) >= 11 is 1.78. The van der Waals surface area contributed by atoms with Crippen LogP contribution in [0.25, 0.3) is 0 Å². The smallest absolute Gasteiger partial charge is 0.0300 e. The molecule has 2 rings (SSSR count). The normalized spacial score (nSPS) is 19.2. The Morgan fingerprint density at radius 2 is 2.43 bits per heavy atom. The zero-order valence-electron chi connectivity index (χ0n) is 8.83. The van der Waals surface area contributed by atoms with E-state index in [1.165, 1.54) is 37.8 Å². The second-order valence-electron chi connectivity index (χ2n) is 4.32. The lowest BCUT2D eigenvalue weighted by molar-refractivity contribution is 0.288. The van der Waals surface area contributed by atoms with Gasteiger partial charge in [-0.25, -0.2) is 0 Å². The topological polar surface area (TPSA) is 12.0 Å². The van der Waals surface area contributed by atoms with Gasteiger partial charge in [-0.2, -0.15) is 11.3 Å². The van der Waals surface area contributed by atoms with Crippen LogP contribution in [0.5, 0.6) is 0 Å². The summed E-state index contributed by atoms with van der Waals surface area (Å²) in [5, 5.41) is 7.98. The first kappa shape index (κ1) is 10.2. The average Bonchev–Trinajstić information content (AvgIpc) is 2.61. The molecular formula is C12H19NS. The molecule has 0 spiro atoms. The molecule has 0 aliphatic heterocycles. The molecule has 0 radical (unpaired) electrons. The molecule has 0 bridgehead atoms. The summed E-state index contributed by atoms with van der Waals surface area (Å²) in [5.41, 5.74) is 1.43. The van der Waals surface area contributed by atoms with Crippen molar-refractivity contribution in [3.05, 3.63) is 22.4 Å². The highest BCUT2D eigenvalue weighted by atomic mass is 32.1. The van der Waals surface area contributed by atoms with Gasteiger partial charge < -0.3 is 5.32 Å². The first-order valence-electron chi connectivity index (χ1n) is 5.62. The molecule has 1 saturated carbocycles. The number of thiophene rings is 1. The van der Waals surface area contributed by atoms with Crippen LogP contribution in [-0.4, -0.2) is 6.54 Å². The van der Waals surface area contributed by atoms with Crippen molar-refractivity contribution in [1.29, 1.82) is 0 Å². The summed E-state index contributed by atoms with van der Waals surface area (Å²) in [6.07, 6.45) is 5.77. The third-order valence-electron chi connectivity index (χ3n) is 3.27. The highest BCUT2D eigenvalue weighted by molar-refractivity contribution is 7.07. The lowest BCUT2D eigenvalue weighted by Gasteiger charge is -2.26. The van der Waals surface area contributed by atoms with Crippen molar-refractivity contribution in [2.24, 2.45) is 5.92 Å². The molecule has 1 unspecified atom stereocenters. The third kappa shape index (κ3) is 2.58. The van der Waals surface area contributed by atoms with Crippen LogP contribution in [0.2, 0.25) is 0 Å². The van der Waals surface area contributed by atoms with Crippen molar-refractivity contribution in [2.45, 2.75) is 38.6 Å². The molecule has 1 aromatic heterocycles. The molecule has 1 aliphatic carbocycles. The molecule has 1 N–H and O–H groups in total. The van der Waals surface area contributed by atoms with Crippen molar-refractivity contribution in [2.75, 3.05) is 6.54 Å². The fraction of sp³-hybridized carbons (Fsp3) is 0.667. The molecule has 0 aromatic carbocycles. The molecule has 1 aromatic rings. The summed E-state index contributed by atoms with van der Waals surface area (Å²) in [4.78, 5) is 0. The van der Waals surface area contributed by atoms with E-state index in [4.69, 9.17) is 0 Å². The maximum Gasteiger partial charge on any atom is 0.0300 e. The maximum atomic E-state index is 3.59. The molecule has 1 aliphatic rings. The van der Waals surface area contributed by atoms with Crippen LogP contribution in [0.15, 0.2) is 16.8 Å². The largest absolute Gasteiger partial charge is 0.310 e. The van der Waals surface area contributed by atoms with E-state index in [1.54, 1.807) is 11.3 Å². The Morgan fingerprint density at radius 1 is 1.57 bits per heavy atom. The summed E-state index contributed by atoms with van der Waals surface area (Å²) in [7, 11) is 0. The first-order valence-corrected chi connectivity index (χ1v) is 6.56. The molecule has 2 heteroatoms. The van der Waals surface area contributed by atoms with Crippen molar-refractivity contribution >= 4 is 11.3 Å². The Morgan fingerprint density at radius 3 is 3.00 bits per heavy atom. The molecular weight excluding hydrogens is 190 g/mol. The molecule has 1 fully saturated rings. The molecule has 0 saturated heterocycles. The number of rotatable bonds is 5. The fourth-order valence-electron chi connectivity index (χ4n) is 1.92. The van der Waals surface area contributed by atoms with Gasteiger partial charge in [0.2, 0.25) is 0 Å². The van der Waals surface area contributed by atoms with Crippen LogP contribution in [0.4, 0.5) is 0 Å². The molecule has 1 heterocycles. The summed E-state index contributed by atoms with van der Waals surface area (Å²) in [6.45, 7) is 3.44. The number of hydrogen-bond acceptors (Lipinski definition) is 2. The fourth-order valence-corrected chi connectivity index (χ4v) is 2.68. The predicted molar refractivity (Wildman–Crippen MR) is 62.7 cm³/mol. The van der Waals surface area contributed by atoms with Crippen molar-refractivity contribution in [3.63, 3.8) is 0 Å². The minimum atomic E-state index is 0.529. The quantitative estimate of drug-likeness (QED) is 0.781. The zero-order chi connectivity index (χ0) is 9.80. The summed E-state index contributed by atoms with van der Waals surface area (Å²) in [5.74, 6) is 1.03. The zero-order valence-corrected chi connectivity index (χ0v) is 9.65. The van der Waals surface area contributed by atoms with Crippen LogP contribution >= 0.6 is 11.3 Å². The number of hydrogen-bond donors (Lipinski definition) is 1. The SMILES string of the molecule is CC(NCCC1CCC1)c1ccsc1. The van der Waals surface area contributed by atoms with Crippen molar-refractivity contribution in [3.8, 4) is 0 Å². The van der Waals surface area contributed by atoms with Crippen molar-refractivity contribution in [1.82, 2.24) is 5.32 Å². The van der Waals surface area contributed by atoms with Crippen LogP contribution in [0, 0.1) is 5.92 Å². The Balaban J connectivity index is 1.65. The van der Waals surface area contributed by atoms with E-state index in [1.807, 2.05) is 0 Å². The van der Waals surface area contributed by atoms with Gasteiger partial charge in [0.05, 0.1) is 0 Å². The summed E-state index contributed by atoms with van der Waals surface area (Å²) < 4.78 is 0. The molecule has 1 nitrogen and oxygen atoms in total. The minimum absolute atomic E-state index is 0.529. The van der Waals surface area contributed by atoms with E-state index < -0.39 is 0 Å². The Bertz CT molecular complexity index is 251. The highest BCUT2D eigenvalue weighted by Gasteiger charge is 2.16. The Hall–Kier alpha value is -0.340.